The summed E-state index contributed by atoms with van der Waals surface area (Å²) in [6, 6.07) is 19.8. The SMILES string of the molecule is CCCCc1ccc([SiH](CCl)c2ccccc2)cc1. The molecule has 0 N–H and O–H groups in total. The summed E-state index contributed by atoms with van der Waals surface area (Å²) in [6.07, 6.45) is 3.72. The van der Waals surface area contributed by atoms with E-state index >= 15 is 0 Å². The van der Waals surface area contributed by atoms with E-state index in [1.165, 1.54) is 35.2 Å². The van der Waals surface area contributed by atoms with Crippen molar-refractivity contribution in [3.05, 3.63) is 60.2 Å². The van der Waals surface area contributed by atoms with Gasteiger partial charge in [-0.15, -0.1) is 11.6 Å². The Morgan fingerprint density at radius 3 is 2.11 bits per heavy atom. The van der Waals surface area contributed by atoms with Crippen LogP contribution in [0.5, 0.6) is 0 Å². The minimum atomic E-state index is -1.21. The average molecular weight is 289 g/mol. The molecule has 0 aliphatic heterocycles. The first-order chi connectivity index (χ1) is 9.35. The maximum Gasteiger partial charge on any atom is 0.117 e. The summed E-state index contributed by atoms with van der Waals surface area (Å²) < 4.78 is 0. The van der Waals surface area contributed by atoms with Crippen LogP contribution in [0.25, 0.3) is 0 Å². The van der Waals surface area contributed by atoms with Gasteiger partial charge in [-0.1, -0.05) is 78.3 Å². The predicted molar refractivity (Wildman–Crippen MR) is 88.6 cm³/mol. The van der Waals surface area contributed by atoms with Crippen molar-refractivity contribution in [3.63, 3.8) is 0 Å². The molecule has 0 aliphatic carbocycles. The maximum atomic E-state index is 6.22. The second-order valence-electron chi connectivity index (χ2n) is 4.96. The Kier molecular flexibility index (Phi) is 5.68. The van der Waals surface area contributed by atoms with E-state index in [0.717, 1.165) is 5.50 Å². The highest BCUT2D eigenvalue weighted by atomic mass is 35.5. The van der Waals surface area contributed by atoms with Crippen LogP contribution in [0.4, 0.5) is 0 Å². The predicted octanol–water partition coefficient (Wildman–Crippen LogP) is 3.15. The number of hydrogen-bond acceptors (Lipinski definition) is 0. The third-order valence-corrected chi connectivity index (χ3v) is 7.17. The van der Waals surface area contributed by atoms with Gasteiger partial charge in [0.1, 0.15) is 8.80 Å². The molecule has 2 aromatic rings. The first-order valence-electron chi connectivity index (χ1n) is 7.05. The van der Waals surface area contributed by atoms with E-state index in [-0.39, 0.29) is 0 Å². The monoisotopic (exact) mass is 288 g/mol. The van der Waals surface area contributed by atoms with Crippen LogP contribution in [-0.4, -0.2) is 14.3 Å². The highest BCUT2D eigenvalue weighted by Gasteiger charge is 2.14. The molecule has 1 unspecified atom stereocenters. The molecule has 2 heteroatoms. The third kappa shape index (κ3) is 3.95. The summed E-state index contributed by atoms with van der Waals surface area (Å²) in [7, 11) is -1.21. The highest BCUT2D eigenvalue weighted by Crippen LogP contribution is 2.04. The van der Waals surface area contributed by atoms with Gasteiger partial charge in [-0.25, -0.2) is 0 Å². The van der Waals surface area contributed by atoms with Gasteiger partial charge in [-0.2, -0.15) is 0 Å². The number of halogens is 1. The summed E-state index contributed by atoms with van der Waals surface area (Å²) in [5.41, 5.74) is 2.21. The fourth-order valence-corrected chi connectivity index (χ4v) is 5.51. The van der Waals surface area contributed by atoms with E-state index in [4.69, 9.17) is 11.6 Å². The number of unbranched alkanes of at least 4 members (excludes halogenated alkanes) is 1. The molecule has 0 fully saturated rings. The Morgan fingerprint density at radius 2 is 1.53 bits per heavy atom. The van der Waals surface area contributed by atoms with Crippen LogP contribution in [0.15, 0.2) is 54.6 Å². The van der Waals surface area contributed by atoms with E-state index in [9.17, 15) is 0 Å². The molecule has 0 aliphatic rings. The van der Waals surface area contributed by atoms with Gasteiger partial charge in [0.05, 0.1) is 0 Å². The van der Waals surface area contributed by atoms with Crippen molar-refractivity contribution in [1.29, 1.82) is 0 Å². The fraction of sp³-hybridized carbons (Fsp3) is 0.294. The summed E-state index contributed by atoms with van der Waals surface area (Å²) in [4.78, 5) is 0. The summed E-state index contributed by atoms with van der Waals surface area (Å²) in [5, 5.41) is 2.88. The van der Waals surface area contributed by atoms with Crippen LogP contribution in [0.3, 0.4) is 0 Å². The zero-order valence-corrected chi connectivity index (χ0v) is 13.4. The molecule has 0 saturated carbocycles. The molecular formula is C17H21ClSi. The Labute approximate surface area is 123 Å². The van der Waals surface area contributed by atoms with Gasteiger partial charge in [-0.3, -0.25) is 0 Å². The zero-order valence-electron chi connectivity index (χ0n) is 11.5. The number of aryl methyl sites for hydroxylation is 1. The van der Waals surface area contributed by atoms with Crippen LogP contribution in [0.1, 0.15) is 25.3 Å². The third-order valence-electron chi connectivity index (χ3n) is 3.56. The molecule has 0 saturated heterocycles. The number of alkyl halides is 1. The number of rotatable bonds is 6. The number of benzene rings is 2. The topological polar surface area (TPSA) is 0 Å². The van der Waals surface area contributed by atoms with Crippen LogP contribution < -0.4 is 10.4 Å². The van der Waals surface area contributed by atoms with Crippen molar-refractivity contribution in [2.45, 2.75) is 26.2 Å². The first kappa shape index (κ1) is 14.4. The minimum Gasteiger partial charge on any atom is -0.130 e. The van der Waals surface area contributed by atoms with Gasteiger partial charge in [0.2, 0.25) is 0 Å². The molecule has 0 amide bonds. The van der Waals surface area contributed by atoms with Crippen LogP contribution in [0, 0.1) is 0 Å². The lowest BCUT2D eigenvalue weighted by atomic mass is 10.1. The lowest BCUT2D eigenvalue weighted by molar-refractivity contribution is 0.795. The van der Waals surface area contributed by atoms with Gasteiger partial charge >= 0.3 is 0 Å². The lowest BCUT2D eigenvalue weighted by Crippen LogP contribution is -2.44. The van der Waals surface area contributed by atoms with Crippen LogP contribution in [0.2, 0.25) is 0 Å². The Balaban J connectivity index is 2.15. The summed E-state index contributed by atoms with van der Waals surface area (Å²) in [6.45, 7) is 2.24. The lowest BCUT2D eigenvalue weighted by Gasteiger charge is -2.13. The molecule has 2 aromatic carbocycles. The van der Waals surface area contributed by atoms with Gasteiger partial charge < -0.3 is 0 Å². The largest absolute Gasteiger partial charge is 0.130 e. The smallest absolute Gasteiger partial charge is 0.117 e. The average Bonchev–Trinajstić information content (AvgIpc) is 2.48. The highest BCUT2D eigenvalue weighted by molar-refractivity contribution is 6.89. The molecule has 0 bridgehead atoms. The van der Waals surface area contributed by atoms with E-state index in [0.29, 0.717) is 0 Å². The van der Waals surface area contributed by atoms with Gasteiger partial charge in [0, 0.05) is 5.50 Å². The van der Waals surface area contributed by atoms with Crippen molar-refractivity contribution < 1.29 is 0 Å². The molecule has 0 aromatic heterocycles. The molecular weight excluding hydrogens is 268 g/mol. The summed E-state index contributed by atoms with van der Waals surface area (Å²) in [5.74, 6) is 0. The van der Waals surface area contributed by atoms with E-state index in [1.807, 2.05) is 0 Å². The Bertz CT molecular complexity index is 478. The van der Waals surface area contributed by atoms with Crippen LogP contribution in [-0.2, 0) is 6.42 Å². The van der Waals surface area contributed by atoms with Crippen molar-refractivity contribution >= 4 is 30.8 Å². The van der Waals surface area contributed by atoms with Crippen molar-refractivity contribution in [1.82, 2.24) is 0 Å². The standard InChI is InChI=1S/C17H21ClSi/c1-2-3-7-15-10-12-17(13-11-15)19(14-18)16-8-5-4-6-9-16/h4-6,8-13,19H,2-3,7,14H2,1H3. The first-order valence-corrected chi connectivity index (χ1v) is 9.55. The quantitative estimate of drug-likeness (QED) is 0.566. The molecule has 19 heavy (non-hydrogen) atoms. The van der Waals surface area contributed by atoms with Gasteiger partial charge in [-0.05, 0) is 18.4 Å². The Hall–Kier alpha value is -1.05. The zero-order chi connectivity index (χ0) is 13.5. The van der Waals surface area contributed by atoms with Crippen molar-refractivity contribution in [2.24, 2.45) is 0 Å². The van der Waals surface area contributed by atoms with Crippen molar-refractivity contribution in [3.8, 4) is 0 Å². The molecule has 100 valence electrons. The minimum absolute atomic E-state index is 0.762. The molecule has 0 spiro atoms. The molecule has 0 heterocycles. The van der Waals surface area contributed by atoms with Crippen LogP contribution >= 0.6 is 11.6 Å². The van der Waals surface area contributed by atoms with Gasteiger partial charge in [0.15, 0.2) is 0 Å². The second-order valence-corrected chi connectivity index (χ2v) is 8.64. The van der Waals surface area contributed by atoms with Crippen molar-refractivity contribution in [2.75, 3.05) is 5.50 Å². The van der Waals surface area contributed by atoms with E-state index in [1.54, 1.807) is 0 Å². The normalized spacial score (nSPS) is 12.3. The summed E-state index contributed by atoms with van der Waals surface area (Å²) >= 11 is 6.22. The molecule has 0 radical (unpaired) electrons. The van der Waals surface area contributed by atoms with E-state index in [2.05, 4.69) is 61.5 Å². The fourth-order valence-electron chi connectivity index (χ4n) is 2.35. The molecule has 1 atom stereocenters. The molecule has 0 nitrogen and oxygen atoms in total. The van der Waals surface area contributed by atoms with E-state index < -0.39 is 8.80 Å². The van der Waals surface area contributed by atoms with Gasteiger partial charge in [0.25, 0.3) is 0 Å². The number of hydrogen-bond donors (Lipinski definition) is 0. The second kappa shape index (κ2) is 7.52. The maximum absolute atomic E-state index is 6.22. The molecule has 2 rings (SSSR count). The Morgan fingerprint density at radius 1 is 0.895 bits per heavy atom.